The summed E-state index contributed by atoms with van der Waals surface area (Å²) in [6, 6.07) is 4.09. The number of hydrogen-bond donors (Lipinski definition) is 0. The third-order valence-corrected chi connectivity index (χ3v) is 3.98. The quantitative estimate of drug-likeness (QED) is 0.325. The van der Waals surface area contributed by atoms with Crippen LogP contribution in [-0.4, -0.2) is 27.8 Å². The van der Waals surface area contributed by atoms with Crippen LogP contribution in [0.15, 0.2) is 18.2 Å². The molecule has 0 aliphatic heterocycles. The predicted octanol–water partition coefficient (Wildman–Crippen LogP) is 3.22. The van der Waals surface area contributed by atoms with Crippen molar-refractivity contribution in [2.75, 3.05) is 7.11 Å². The normalized spacial score (nSPS) is 10.8. The Labute approximate surface area is 151 Å². The van der Waals surface area contributed by atoms with E-state index in [1.54, 1.807) is 0 Å². The van der Waals surface area contributed by atoms with E-state index in [2.05, 4.69) is 18.9 Å². The number of esters is 1. The van der Waals surface area contributed by atoms with Gasteiger partial charge < -0.3 is 9.47 Å². The molecule has 8 heteroatoms. The average molecular weight is 361 g/mol. The molecule has 0 fully saturated rings. The van der Waals surface area contributed by atoms with Gasteiger partial charge in [0.05, 0.1) is 30.2 Å². The molecule has 0 saturated carbocycles. The van der Waals surface area contributed by atoms with Crippen LogP contribution in [0.4, 0.5) is 5.69 Å². The van der Waals surface area contributed by atoms with Gasteiger partial charge in [0.2, 0.25) is 5.75 Å². The highest BCUT2D eigenvalue weighted by Gasteiger charge is 2.22. The molecule has 0 aliphatic carbocycles. The van der Waals surface area contributed by atoms with Gasteiger partial charge in [-0.15, -0.1) is 0 Å². The number of nitrogens with zero attached hydrogens (tertiary/aromatic N) is 3. The summed E-state index contributed by atoms with van der Waals surface area (Å²) in [6.07, 6.45) is -0.00105. The molecule has 140 valence electrons. The zero-order chi connectivity index (χ0) is 19.4. The Hall–Kier alpha value is -2.90. The molecule has 2 rings (SSSR count). The zero-order valence-electron chi connectivity index (χ0n) is 15.6. The maximum absolute atomic E-state index is 12.3. The number of carbonyl (C=O) groups is 1. The first-order valence-corrected chi connectivity index (χ1v) is 8.29. The molecular formula is C18H23N3O5. The van der Waals surface area contributed by atoms with Crippen molar-refractivity contribution >= 4 is 11.7 Å². The van der Waals surface area contributed by atoms with Crippen LogP contribution in [0, 0.1) is 29.9 Å². The van der Waals surface area contributed by atoms with E-state index in [9.17, 15) is 14.9 Å². The Morgan fingerprint density at radius 3 is 2.62 bits per heavy atom. The lowest BCUT2D eigenvalue weighted by molar-refractivity contribution is -0.385. The van der Waals surface area contributed by atoms with Gasteiger partial charge in [-0.2, -0.15) is 5.10 Å². The van der Waals surface area contributed by atoms with Crippen LogP contribution in [0.25, 0.3) is 0 Å². The summed E-state index contributed by atoms with van der Waals surface area (Å²) in [6.45, 7) is 8.68. The highest BCUT2D eigenvalue weighted by atomic mass is 16.6. The Balaban J connectivity index is 2.20. The molecule has 2 aromatic rings. The molecule has 1 aromatic heterocycles. The maximum atomic E-state index is 12.3. The Bertz CT molecular complexity index is 826. The minimum Gasteiger partial charge on any atom is -0.496 e. The maximum Gasteiger partial charge on any atom is 0.316 e. The second kappa shape index (κ2) is 7.99. The summed E-state index contributed by atoms with van der Waals surface area (Å²) in [5.41, 5.74) is 2.12. The van der Waals surface area contributed by atoms with Gasteiger partial charge in [0.25, 0.3) is 0 Å². The topological polar surface area (TPSA) is 96.5 Å². The third-order valence-electron chi connectivity index (χ3n) is 3.98. The van der Waals surface area contributed by atoms with Gasteiger partial charge >= 0.3 is 11.7 Å². The van der Waals surface area contributed by atoms with Crippen molar-refractivity contribution in [2.45, 2.75) is 40.7 Å². The molecule has 8 nitrogen and oxygen atoms in total. The lowest BCUT2D eigenvalue weighted by atomic mass is 10.1. The van der Waals surface area contributed by atoms with Crippen molar-refractivity contribution in [1.29, 1.82) is 0 Å². The third kappa shape index (κ3) is 4.38. The summed E-state index contributed by atoms with van der Waals surface area (Å²) in [4.78, 5) is 22.9. The first-order chi connectivity index (χ1) is 12.2. The molecule has 1 aromatic carbocycles. The van der Waals surface area contributed by atoms with Gasteiger partial charge in [-0.1, -0.05) is 13.8 Å². The molecule has 26 heavy (non-hydrogen) atoms. The Morgan fingerprint density at radius 1 is 1.35 bits per heavy atom. The molecule has 1 heterocycles. The molecule has 0 aliphatic rings. The second-order valence-corrected chi connectivity index (χ2v) is 6.47. The molecule has 0 amide bonds. The van der Waals surface area contributed by atoms with E-state index in [1.165, 1.54) is 25.3 Å². The fourth-order valence-electron chi connectivity index (χ4n) is 2.67. The van der Waals surface area contributed by atoms with E-state index in [1.807, 2.05) is 18.5 Å². The monoisotopic (exact) mass is 361 g/mol. The van der Waals surface area contributed by atoms with E-state index in [-0.39, 0.29) is 17.9 Å². The van der Waals surface area contributed by atoms with E-state index in [0.29, 0.717) is 11.7 Å². The summed E-state index contributed by atoms with van der Waals surface area (Å²) in [5, 5.41) is 15.7. The second-order valence-electron chi connectivity index (χ2n) is 6.47. The molecule has 0 unspecified atom stereocenters. The number of nitro groups is 1. The lowest BCUT2D eigenvalue weighted by Gasteiger charge is -2.08. The van der Waals surface area contributed by atoms with Gasteiger partial charge in [-0.05, 0) is 31.9 Å². The predicted molar refractivity (Wildman–Crippen MR) is 95.5 cm³/mol. The van der Waals surface area contributed by atoms with Crippen molar-refractivity contribution in [3.63, 3.8) is 0 Å². The van der Waals surface area contributed by atoms with Crippen LogP contribution in [0.5, 0.6) is 11.5 Å². The first-order valence-electron chi connectivity index (χ1n) is 8.29. The molecular weight excluding hydrogens is 338 g/mol. The number of methoxy groups -OCH3 is 1. The van der Waals surface area contributed by atoms with Gasteiger partial charge in [0, 0.05) is 17.8 Å². The number of rotatable bonds is 7. The summed E-state index contributed by atoms with van der Waals surface area (Å²) in [7, 11) is 1.41. The van der Waals surface area contributed by atoms with Crippen LogP contribution < -0.4 is 9.47 Å². The minimum atomic E-state index is -0.609. The number of nitro benzene ring substituents is 1. The minimum absolute atomic E-state index is 0.00105. The fourth-order valence-corrected chi connectivity index (χ4v) is 2.67. The lowest BCUT2D eigenvalue weighted by Crippen LogP contribution is -2.14. The average Bonchev–Trinajstić information content (AvgIpc) is 2.81. The van der Waals surface area contributed by atoms with Gasteiger partial charge in [0.1, 0.15) is 5.75 Å². The number of aryl methyl sites for hydroxylation is 1. The van der Waals surface area contributed by atoms with Crippen LogP contribution in [0.1, 0.15) is 30.8 Å². The Kier molecular flexibility index (Phi) is 5.97. The summed E-state index contributed by atoms with van der Waals surface area (Å²) >= 11 is 0. The van der Waals surface area contributed by atoms with E-state index in [0.717, 1.165) is 23.5 Å². The Morgan fingerprint density at radius 2 is 2.04 bits per heavy atom. The summed E-state index contributed by atoms with van der Waals surface area (Å²) in [5.74, 6) is 0.0622. The number of benzene rings is 1. The van der Waals surface area contributed by atoms with E-state index < -0.39 is 10.9 Å². The van der Waals surface area contributed by atoms with Crippen LogP contribution in [0.2, 0.25) is 0 Å². The van der Waals surface area contributed by atoms with Crippen LogP contribution >= 0.6 is 0 Å². The SMILES string of the molecule is COc1ccc(OC(=O)Cc2c(C)nn(CC(C)C)c2C)c([N+](=O)[O-])c1. The summed E-state index contributed by atoms with van der Waals surface area (Å²) < 4.78 is 12.1. The van der Waals surface area contributed by atoms with Crippen molar-refractivity contribution in [3.8, 4) is 11.5 Å². The molecule has 0 radical (unpaired) electrons. The van der Waals surface area contributed by atoms with Gasteiger partial charge in [-0.25, -0.2) is 0 Å². The van der Waals surface area contributed by atoms with Crippen molar-refractivity contribution in [1.82, 2.24) is 9.78 Å². The van der Waals surface area contributed by atoms with E-state index in [4.69, 9.17) is 9.47 Å². The van der Waals surface area contributed by atoms with Crippen LogP contribution in [-0.2, 0) is 17.8 Å². The first kappa shape index (κ1) is 19.4. The van der Waals surface area contributed by atoms with Crippen molar-refractivity contribution in [3.05, 3.63) is 45.3 Å². The fraction of sp³-hybridized carbons (Fsp3) is 0.444. The van der Waals surface area contributed by atoms with Gasteiger partial charge in [-0.3, -0.25) is 19.6 Å². The molecule has 0 saturated heterocycles. The van der Waals surface area contributed by atoms with Gasteiger partial charge in [0.15, 0.2) is 0 Å². The number of ether oxygens (including phenoxy) is 2. The van der Waals surface area contributed by atoms with Crippen molar-refractivity contribution < 1.29 is 19.2 Å². The number of carbonyl (C=O) groups excluding carboxylic acids is 1. The molecule has 0 bridgehead atoms. The van der Waals surface area contributed by atoms with Crippen LogP contribution in [0.3, 0.4) is 0 Å². The highest BCUT2D eigenvalue weighted by Crippen LogP contribution is 2.31. The molecule has 0 atom stereocenters. The van der Waals surface area contributed by atoms with E-state index >= 15 is 0 Å². The number of aromatic nitrogens is 2. The zero-order valence-corrected chi connectivity index (χ0v) is 15.6. The largest absolute Gasteiger partial charge is 0.496 e. The molecule has 0 spiro atoms. The highest BCUT2D eigenvalue weighted by molar-refractivity contribution is 5.77. The standard InChI is InChI=1S/C18H23N3O5/c1-11(2)10-20-13(4)15(12(3)19-20)9-18(22)26-17-7-6-14(25-5)8-16(17)21(23)24/h6-8,11H,9-10H2,1-5H3. The van der Waals surface area contributed by atoms with Crippen molar-refractivity contribution in [2.24, 2.45) is 5.92 Å². The smallest absolute Gasteiger partial charge is 0.316 e. The molecule has 0 N–H and O–H groups in total. The number of hydrogen-bond acceptors (Lipinski definition) is 6.